The van der Waals surface area contributed by atoms with Crippen molar-refractivity contribution in [3.05, 3.63) is 34.9 Å². The van der Waals surface area contributed by atoms with Gasteiger partial charge in [-0.1, -0.05) is 29.8 Å². The monoisotopic (exact) mass is 296 g/mol. The molecule has 5 nitrogen and oxygen atoms in total. The van der Waals surface area contributed by atoms with E-state index in [-0.39, 0.29) is 12.5 Å². The van der Waals surface area contributed by atoms with Crippen LogP contribution in [-0.2, 0) is 11.3 Å². The highest BCUT2D eigenvalue weighted by atomic mass is 35.5. The molecule has 108 valence electrons. The lowest BCUT2D eigenvalue weighted by atomic mass is 9.74. The molecule has 0 radical (unpaired) electrons. The molecule has 1 aromatic carbocycles. The molecule has 1 fully saturated rings. The van der Waals surface area contributed by atoms with Gasteiger partial charge in [-0.15, -0.1) is 0 Å². The van der Waals surface area contributed by atoms with Crippen LogP contribution in [0.2, 0.25) is 5.02 Å². The zero-order valence-corrected chi connectivity index (χ0v) is 11.7. The smallest absolute Gasteiger partial charge is 0.315 e. The van der Waals surface area contributed by atoms with E-state index in [9.17, 15) is 9.59 Å². The highest BCUT2D eigenvalue weighted by Gasteiger charge is 2.40. The van der Waals surface area contributed by atoms with Crippen LogP contribution in [0.1, 0.15) is 31.2 Å². The molecule has 1 aliphatic rings. The Hall–Kier alpha value is -1.75. The quantitative estimate of drug-likeness (QED) is 0.781. The van der Waals surface area contributed by atoms with Gasteiger partial charge in [-0.2, -0.15) is 0 Å². The lowest BCUT2D eigenvalue weighted by Crippen LogP contribution is -2.57. The predicted molar refractivity (Wildman–Crippen MR) is 75.7 cm³/mol. The summed E-state index contributed by atoms with van der Waals surface area (Å²) in [5.74, 6) is -0.892. The summed E-state index contributed by atoms with van der Waals surface area (Å²) < 4.78 is 0. The van der Waals surface area contributed by atoms with Gasteiger partial charge in [0.2, 0.25) is 0 Å². The molecular formula is C14H17ClN2O3. The molecule has 1 aliphatic carbocycles. The molecule has 2 amide bonds. The lowest BCUT2D eigenvalue weighted by molar-refractivity contribution is -0.139. The summed E-state index contributed by atoms with van der Waals surface area (Å²) in [6, 6.07) is 6.90. The van der Waals surface area contributed by atoms with E-state index in [0.29, 0.717) is 24.4 Å². The van der Waals surface area contributed by atoms with Gasteiger partial charge in [-0.3, -0.25) is 4.79 Å². The van der Waals surface area contributed by atoms with Crippen LogP contribution >= 0.6 is 11.6 Å². The van der Waals surface area contributed by atoms with Gasteiger partial charge >= 0.3 is 12.0 Å². The Morgan fingerprint density at radius 2 is 2.00 bits per heavy atom. The maximum absolute atomic E-state index is 11.9. The Labute approximate surface area is 122 Å². The maximum Gasteiger partial charge on any atom is 0.315 e. The van der Waals surface area contributed by atoms with E-state index in [1.165, 1.54) is 0 Å². The minimum atomic E-state index is -0.892. The van der Waals surface area contributed by atoms with Crippen molar-refractivity contribution in [1.82, 2.24) is 10.6 Å². The van der Waals surface area contributed by atoms with Gasteiger partial charge in [-0.05, 0) is 30.9 Å². The average Bonchev–Trinajstić information content (AvgIpc) is 2.34. The zero-order valence-electron chi connectivity index (χ0n) is 11.0. The largest absolute Gasteiger partial charge is 0.481 e. The molecule has 0 spiro atoms. The standard InChI is InChI=1S/C14H17ClN2O3/c15-11-5-2-1-4-10(11)9-16-13(20)17-14(6-3-7-14)8-12(18)19/h1-2,4-5H,3,6-9H2,(H,18,19)(H2,16,17,20). The number of rotatable bonds is 5. The molecule has 0 bridgehead atoms. The fraction of sp³-hybridized carbons (Fsp3) is 0.429. The van der Waals surface area contributed by atoms with E-state index in [1.807, 2.05) is 18.2 Å². The molecule has 0 unspecified atom stereocenters. The molecule has 1 aromatic rings. The normalized spacial score (nSPS) is 16.1. The summed E-state index contributed by atoms with van der Waals surface area (Å²) in [6.45, 7) is 0.314. The van der Waals surface area contributed by atoms with Crippen LogP contribution in [0.25, 0.3) is 0 Å². The maximum atomic E-state index is 11.9. The van der Waals surface area contributed by atoms with Gasteiger partial charge < -0.3 is 15.7 Å². The van der Waals surface area contributed by atoms with Gasteiger partial charge in [-0.25, -0.2) is 4.79 Å². The lowest BCUT2D eigenvalue weighted by Gasteiger charge is -2.41. The number of nitrogens with one attached hydrogen (secondary N) is 2. The summed E-state index contributed by atoms with van der Waals surface area (Å²) in [5, 5.41) is 15.0. The zero-order chi connectivity index (χ0) is 14.6. The van der Waals surface area contributed by atoms with Crippen LogP contribution in [0.3, 0.4) is 0 Å². The van der Waals surface area contributed by atoms with Crippen LogP contribution in [0.4, 0.5) is 4.79 Å². The summed E-state index contributed by atoms with van der Waals surface area (Å²) in [4.78, 5) is 22.7. The second-order valence-electron chi connectivity index (χ2n) is 5.10. The summed E-state index contributed by atoms with van der Waals surface area (Å²) in [5.41, 5.74) is 0.237. The van der Waals surface area contributed by atoms with Crippen molar-refractivity contribution in [2.45, 2.75) is 37.8 Å². The first-order chi connectivity index (χ1) is 9.51. The molecular weight excluding hydrogens is 280 g/mol. The number of aliphatic carboxylic acids is 1. The van der Waals surface area contributed by atoms with Crippen molar-refractivity contribution in [2.24, 2.45) is 0 Å². The SMILES string of the molecule is O=C(O)CC1(NC(=O)NCc2ccccc2Cl)CCC1. The summed E-state index contributed by atoms with van der Waals surface area (Å²) in [7, 11) is 0. The third kappa shape index (κ3) is 3.63. The summed E-state index contributed by atoms with van der Waals surface area (Å²) in [6.07, 6.45) is 2.32. The first kappa shape index (κ1) is 14.7. The van der Waals surface area contributed by atoms with Crippen molar-refractivity contribution in [3.63, 3.8) is 0 Å². The molecule has 3 N–H and O–H groups in total. The highest BCUT2D eigenvalue weighted by Crippen LogP contribution is 2.34. The van der Waals surface area contributed by atoms with Gasteiger partial charge in [0.1, 0.15) is 0 Å². The number of hydrogen-bond acceptors (Lipinski definition) is 2. The number of carboxylic acids is 1. The van der Waals surface area contributed by atoms with Crippen LogP contribution in [0, 0.1) is 0 Å². The fourth-order valence-electron chi connectivity index (χ4n) is 2.34. The Kier molecular flexibility index (Phi) is 4.49. The number of carbonyl (C=O) groups is 2. The van der Waals surface area contributed by atoms with Crippen LogP contribution < -0.4 is 10.6 Å². The Morgan fingerprint density at radius 1 is 1.30 bits per heavy atom. The van der Waals surface area contributed by atoms with Crippen molar-refractivity contribution in [1.29, 1.82) is 0 Å². The van der Waals surface area contributed by atoms with Crippen molar-refractivity contribution >= 4 is 23.6 Å². The number of amides is 2. The number of benzene rings is 1. The van der Waals surface area contributed by atoms with E-state index in [0.717, 1.165) is 12.0 Å². The fourth-order valence-corrected chi connectivity index (χ4v) is 2.54. The second kappa shape index (κ2) is 6.13. The molecule has 0 atom stereocenters. The minimum Gasteiger partial charge on any atom is -0.481 e. The van der Waals surface area contributed by atoms with E-state index < -0.39 is 11.5 Å². The third-order valence-corrected chi connectivity index (χ3v) is 3.94. The molecule has 1 saturated carbocycles. The molecule has 6 heteroatoms. The topological polar surface area (TPSA) is 78.4 Å². The molecule has 0 aliphatic heterocycles. The number of urea groups is 1. The van der Waals surface area contributed by atoms with Gasteiger partial charge in [0, 0.05) is 11.6 Å². The van der Waals surface area contributed by atoms with Crippen molar-refractivity contribution in [3.8, 4) is 0 Å². The average molecular weight is 297 g/mol. The number of hydrogen-bond donors (Lipinski definition) is 3. The Balaban J connectivity index is 1.86. The van der Waals surface area contributed by atoms with Crippen molar-refractivity contribution < 1.29 is 14.7 Å². The first-order valence-corrected chi connectivity index (χ1v) is 6.90. The van der Waals surface area contributed by atoms with E-state index >= 15 is 0 Å². The molecule has 0 heterocycles. The van der Waals surface area contributed by atoms with E-state index in [2.05, 4.69) is 10.6 Å². The molecule has 0 aromatic heterocycles. The van der Waals surface area contributed by atoms with E-state index in [1.54, 1.807) is 6.07 Å². The minimum absolute atomic E-state index is 0.0352. The Morgan fingerprint density at radius 3 is 2.55 bits per heavy atom. The van der Waals surface area contributed by atoms with Crippen molar-refractivity contribution in [2.75, 3.05) is 0 Å². The van der Waals surface area contributed by atoms with Gasteiger partial charge in [0.25, 0.3) is 0 Å². The number of carbonyl (C=O) groups excluding carboxylic acids is 1. The molecule has 20 heavy (non-hydrogen) atoms. The van der Waals surface area contributed by atoms with Crippen LogP contribution in [0.15, 0.2) is 24.3 Å². The van der Waals surface area contributed by atoms with Crippen LogP contribution in [-0.4, -0.2) is 22.6 Å². The van der Waals surface area contributed by atoms with Gasteiger partial charge in [0.15, 0.2) is 0 Å². The number of carboxylic acid groups (broad SMARTS) is 1. The van der Waals surface area contributed by atoms with E-state index in [4.69, 9.17) is 16.7 Å². The molecule has 2 rings (SSSR count). The highest BCUT2D eigenvalue weighted by molar-refractivity contribution is 6.31. The van der Waals surface area contributed by atoms with Gasteiger partial charge in [0.05, 0.1) is 12.0 Å². The second-order valence-corrected chi connectivity index (χ2v) is 5.51. The number of halogens is 1. The summed E-state index contributed by atoms with van der Waals surface area (Å²) >= 11 is 6.00. The van der Waals surface area contributed by atoms with Crippen LogP contribution in [0.5, 0.6) is 0 Å². The molecule has 0 saturated heterocycles. The third-order valence-electron chi connectivity index (χ3n) is 3.58. The Bertz CT molecular complexity index is 515. The first-order valence-electron chi connectivity index (χ1n) is 6.52. The predicted octanol–water partition coefficient (Wildman–Crippen LogP) is 2.54.